The standard InChI is InChI=1S/C8H17BrN2O/c9-7-8(12)11-6-4-2-1-3-5-10/h1-7,10H2,(H,11,12). The Morgan fingerprint density at radius 3 is 2.50 bits per heavy atom. The van der Waals surface area contributed by atoms with Crippen LogP contribution in [0, 0.1) is 0 Å². The van der Waals surface area contributed by atoms with E-state index >= 15 is 0 Å². The smallest absolute Gasteiger partial charge is 0.230 e. The van der Waals surface area contributed by atoms with Crippen LogP contribution in [-0.4, -0.2) is 24.3 Å². The lowest BCUT2D eigenvalue weighted by Crippen LogP contribution is -2.25. The maximum Gasteiger partial charge on any atom is 0.230 e. The van der Waals surface area contributed by atoms with Gasteiger partial charge in [0, 0.05) is 6.54 Å². The Bertz CT molecular complexity index is 120. The summed E-state index contributed by atoms with van der Waals surface area (Å²) in [6.07, 6.45) is 4.46. The molecule has 3 N–H and O–H groups in total. The minimum Gasteiger partial charge on any atom is -0.355 e. The summed E-state index contributed by atoms with van der Waals surface area (Å²) in [6.45, 7) is 1.56. The molecule has 72 valence electrons. The highest BCUT2D eigenvalue weighted by Gasteiger charge is 1.95. The topological polar surface area (TPSA) is 55.1 Å². The van der Waals surface area contributed by atoms with Crippen LogP contribution in [0.5, 0.6) is 0 Å². The van der Waals surface area contributed by atoms with Gasteiger partial charge in [0.25, 0.3) is 0 Å². The fraction of sp³-hybridized carbons (Fsp3) is 0.875. The number of carbonyl (C=O) groups excluding carboxylic acids is 1. The molecule has 12 heavy (non-hydrogen) atoms. The second-order valence-corrected chi connectivity index (χ2v) is 3.25. The maximum atomic E-state index is 10.7. The number of hydrogen-bond donors (Lipinski definition) is 2. The summed E-state index contributed by atoms with van der Waals surface area (Å²) in [6, 6.07) is 0. The third-order valence-electron chi connectivity index (χ3n) is 1.57. The quantitative estimate of drug-likeness (QED) is 0.513. The molecule has 0 aliphatic heterocycles. The predicted molar refractivity (Wildman–Crippen MR) is 54.3 cm³/mol. The Morgan fingerprint density at radius 1 is 1.25 bits per heavy atom. The largest absolute Gasteiger partial charge is 0.355 e. The van der Waals surface area contributed by atoms with Crippen LogP contribution < -0.4 is 11.1 Å². The molecule has 0 aromatic heterocycles. The first-order valence-electron chi connectivity index (χ1n) is 4.34. The van der Waals surface area contributed by atoms with Gasteiger partial charge in [-0.2, -0.15) is 0 Å². The molecule has 0 aromatic rings. The fourth-order valence-corrected chi connectivity index (χ4v) is 1.10. The minimum absolute atomic E-state index is 0.0637. The highest BCUT2D eigenvalue weighted by atomic mass is 79.9. The van der Waals surface area contributed by atoms with Gasteiger partial charge in [-0.25, -0.2) is 0 Å². The molecule has 0 aliphatic rings. The number of amides is 1. The Balaban J connectivity index is 2.95. The molecule has 0 saturated carbocycles. The first-order valence-corrected chi connectivity index (χ1v) is 5.46. The molecule has 4 heteroatoms. The summed E-state index contributed by atoms with van der Waals surface area (Å²) in [5.41, 5.74) is 5.34. The number of halogens is 1. The van der Waals surface area contributed by atoms with Crippen molar-refractivity contribution in [1.82, 2.24) is 5.32 Å². The number of nitrogens with one attached hydrogen (secondary N) is 1. The van der Waals surface area contributed by atoms with Crippen LogP contribution in [0.1, 0.15) is 25.7 Å². The average Bonchev–Trinajstić information content (AvgIpc) is 2.10. The van der Waals surface area contributed by atoms with Crippen molar-refractivity contribution in [3.8, 4) is 0 Å². The molecule has 0 saturated heterocycles. The normalized spacial score (nSPS) is 9.83. The van der Waals surface area contributed by atoms with E-state index in [1.54, 1.807) is 0 Å². The molecule has 0 bridgehead atoms. The lowest BCUT2D eigenvalue weighted by atomic mass is 10.2. The van der Waals surface area contributed by atoms with Gasteiger partial charge in [-0.15, -0.1) is 0 Å². The molecule has 0 rings (SSSR count). The van der Waals surface area contributed by atoms with Crippen LogP contribution in [-0.2, 0) is 4.79 Å². The zero-order chi connectivity index (χ0) is 9.23. The first kappa shape index (κ1) is 11.9. The molecule has 0 spiro atoms. The molecule has 3 nitrogen and oxygen atoms in total. The number of hydrogen-bond acceptors (Lipinski definition) is 2. The number of carbonyl (C=O) groups is 1. The van der Waals surface area contributed by atoms with Gasteiger partial charge in [0.15, 0.2) is 0 Å². The Kier molecular flexibility index (Phi) is 8.93. The van der Waals surface area contributed by atoms with E-state index in [0.29, 0.717) is 5.33 Å². The third-order valence-corrected chi connectivity index (χ3v) is 2.08. The number of rotatable bonds is 7. The van der Waals surface area contributed by atoms with E-state index in [4.69, 9.17) is 5.73 Å². The van der Waals surface area contributed by atoms with Gasteiger partial charge < -0.3 is 11.1 Å². The van der Waals surface area contributed by atoms with E-state index in [0.717, 1.165) is 32.4 Å². The highest BCUT2D eigenvalue weighted by molar-refractivity contribution is 9.09. The minimum atomic E-state index is 0.0637. The summed E-state index contributed by atoms with van der Waals surface area (Å²) in [5, 5.41) is 3.19. The Hall–Kier alpha value is -0.0900. The van der Waals surface area contributed by atoms with Crippen molar-refractivity contribution >= 4 is 21.8 Å². The van der Waals surface area contributed by atoms with Crippen molar-refractivity contribution in [1.29, 1.82) is 0 Å². The monoisotopic (exact) mass is 236 g/mol. The first-order chi connectivity index (χ1) is 5.81. The van der Waals surface area contributed by atoms with Gasteiger partial charge >= 0.3 is 0 Å². The van der Waals surface area contributed by atoms with Gasteiger partial charge in [0.2, 0.25) is 5.91 Å². The predicted octanol–water partition coefficient (Wildman–Crippen LogP) is 1.02. The molecule has 0 heterocycles. The maximum absolute atomic E-state index is 10.7. The van der Waals surface area contributed by atoms with Crippen LogP contribution >= 0.6 is 15.9 Å². The van der Waals surface area contributed by atoms with Crippen molar-refractivity contribution in [3.63, 3.8) is 0 Å². The Labute approximate surface area is 82.2 Å². The van der Waals surface area contributed by atoms with E-state index in [1.807, 2.05) is 0 Å². The van der Waals surface area contributed by atoms with Gasteiger partial charge in [-0.3, -0.25) is 4.79 Å². The molecule has 0 aliphatic carbocycles. The summed E-state index contributed by atoms with van der Waals surface area (Å²) < 4.78 is 0. The summed E-state index contributed by atoms with van der Waals surface area (Å²) in [5.74, 6) is 0.0637. The van der Waals surface area contributed by atoms with Crippen LogP contribution in [0.3, 0.4) is 0 Å². The van der Waals surface area contributed by atoms with Crippen molar-refractivity contribution in [2.75, 3.05) is 18.4 Å². The zero-order valence-electron chi connectivity index (χ0n) is 7.31. The second-order valence-electron chi connectivity index (χ2n) is 2.69. The molecule has 0 fully saturated rings. The number of nitrogens with two attached hydrogens (primary N) is 1. The molecule has 0 atom stereocenters. The fourth-order valence-electron chi connectivity index (χ4n) is 0.898. The molecule has 0 radical (unpaired) electrons. The van der Waals surface area contributed by atoms with Gasteiger partial charge in [-0.05, 0) is 19.4 Å². The summed E-state index contributed by atoms with van der Waals surface area (Å²) in [7, 11) is 0. The Morgan fingerprint density at radius 2 is 1.92 bits per heavy atom. The van der Waals surface area contributed by atoms with Crippen molar-refractivity contribution in [3.05, 3.63) is 0 Å². The van der Waals surface area contributed by atoms with Crippen LogP contribution in [0.2, 0.25) is 0 Å². The molecule has 0 unspecified atom stereocenters. The lowest BCUT2D eigenvalue weighted by molar-refractivity contribution is -0.118. The summed E-state index contributed by atoms with van der Waals surface area (Å²) >= 11 is 3.08. The van der Waals surface area contributed by atoms with Crippen molar-refractivity contribution < 1.29 is 4.79 Å². The van der Waals surface area contributed by atoms with Crippen LogP contribution in [0.4, 0.5) is 0 Å². The molecule has 1 amide bonds. The third kappa shape index (κ3) is 8.01. The number of alkyl halides is 1. The highest BCUT2D eigenvalue weighted by Crippen LogP contribution is 1.96. The SMILES string of the molecule is NCCCCCCNC(=O)CBr. The molecular formula is C8H17BrN2O. The van der Waals surface area contributed by atoms with E-state index in [-0.39, 0.29) is 5.91 Å². The van der Waals surface area contributed by atoms with E-state index < -0.39 is 0 Å². The van der Waals surface area contributed by atoms with Crippen molar-refractivity contribution in [2.24, 2.45) is 5.73 Å². The average molecular weight is 237 g/mol. The summed E-state index contributed by atoms with van der Waals surface area (Å²) in [4.78, 5) is 10.7. The molecule has 0 aromatic carbocycles. The van der Waals surface area contributed by atoms with E-state index in [2.05, 4.69) is 21.2 Å². The van der Waals surface area contributed by atoms with Gasteiger partial charge in [0.05, 0.1) is 5.33 Å². The van der Waals surface area contributed by atoms with Crippen LogP contribution in [0.25, 0.3) is 0 Å². The van der Waals surface area contributed by atoms with E-state index in [9.17, 15) is 4.79 Å². The van der Waals surface area contributed by atoms with Crippen LogP contribution in [0.15, 0.2) is 0 Å². The second kappa shape index (κ2) is 9.00. The number of unbranched alkanes of at least 4 members (excludes halogenated alkanes) is 3. The zero-order valence-corrected chi connectivity index (χ0v) is 8.90. The van der Waals surface area contributed by atoms with Gasteiger partial charge in [-0.1, -0.05) is 28.8 Å². The van der Waals surface area contributed by atoms with E-state index in [1.165, 1.54) is 6.42 Å². The van der Waals surface area contributed by atoms with Crippen molar-refractivity contribution in [2.45, 2.75) is 25.7 Å². The lowest BCUT2D eigenvalue weighted by Gasteiger charge is -2.01. The van der Waals surface area contributed by atoms with Gasteiger partial charge in [0.1, 0.15) is 0 Å². The molecular weight excluding hydrogens is 220 g/mol.